The predicted octanol–water partition coefficient (Wildman–Crippen LogP) is 3.82. The number of alkyl halides is 3. The molecule has 0 bridgehead atoms. The van der Waals surface area contributed by atoms with Crippen LogP contribution in [0, 0.1) is 0 Å². The Morgan fingerprint density at radius 1 is 1.11 bits per heavy atom. The zero-order valence-corrected chi connectivity index (χ0v) is 19.5. The molecular formula is C24H27F3N6O2. The summed E-state index contributed by atoms with van der Waals surface area (Å²) in [7, 11) is 0. The molecule has 8 nitrogen and oxygen atoms in total. The fourth-order valence-corrected chi connectivity index (χ4v) is 4.22. The van der Waals surface area contributed by atoms with E-state index in [-0.39, 0.29) is 18.5 Å². The Morgan fingerprint density at radius 2 is 1.80 bits per heavy atom. The maximum Gasteiger partial charge on any atom is 0.416 e. The number of carbonyl (C=O) groups excluding carboxylic acids is 2. The molecule has 1 aliphatic rings. The summed E-state index contributed by atoms with van der Waals surface area (Å²) in [6.45, 7) is 5.45. The highest BCUT2D eigenvalue weighted by atomic mass is 19.4. The summed E-state index contributed by atoms with van der Waals surface area (Å²) >= 11 is 0. The normalized spacial score (nSPS) is 14.8. The van der Waals surface area contributed by atoms with Crippen LogP contribution in [0.3, 0.4) is 0 Å². The van der Waals surface area contributed by atoms with Crippen LogP contribution in [0.5, 0.6) is 0 Å². The van der Waals surface area contributed by atoms with Gasteiger partial charge in [-0.25, -0.2) is 9.67 Å². The first-order valence-corrected chi connectivity index (χ1v) is 11.5. The van der Waals surface area contributed by atoms with Gasteiger partial charge in [-0.1, -0.05) is 12.1 Å². The minimum atomic E-state index is -4.41. The molecule has 11 heteroatoms. The number of piperidine rings is 1. The van der Waals surface area contributed by atoms with Crippen LogP contribution in [-0.4, -0.2) is 50.6 Å². The Hall–Kier alpha value is -3.63. The molecule has 0 radical (unpaired) electrons. The molecule has 2 aromatic heterocycles. The molecule has 1 aliphatic heterocycles. The average molecular weight is 489 g/mol. The number of pyridine rings is 1. The molecule has 0 aliphatic carbocycles. The van der Waals surface area contributed by atoms with Crippen LogP contribution in [0.25, 0.3) is 11.0 Å². The zero-order valence-electron chi connectivity index (χ0n) is 19.5. The Labute approximate surface area is 200 Å². The summed E-state index contributed by atoms with van der Waals surface area (Å²) in [5.74, 6) is -0.352. The third kappa shape index (κ3) is 5.39. The third-order valence-corrected chi connectivity index (χ3v) is 6.23. The lowest BCUT2D eigenvalue weighted by Gasteiger charge is -2.32. The van der Waals surface area contributed by atoms with Crippen LogP contribution >= 0.6 is 0 Å². The number of fused-ring (bicyclic) bond motifs is 1. The van der Waals surface area contributed by atoms with Gasteiger partial charge < -0.3 is 15.5 Å². The second-order valence-electron chi connectivity index (χ2n) is 8.55. The molecule has 2 amide bonds. The minimum Gasteiger partial charge on any atom is -0.381 e. The van der Waals surface area contributed by atoms with Gasteiger partial charge in [-0.05, 0) is 37.5 Å². The van der Waals surface area contributed by atoms with Crippen LogP contribution in [0.4, 0.5) is 18.9 Å². The van der Waals surface area contributed by atoms with Crippen molar-refractivity contribution in [3.8, 4) is 0 Å². The van der Waals surface area contributed by atoms with E-state index in [1.807, 2.05) is 6.92 Å². The van der Waals surface area contributed by atoms with E-state index in [1.54, 1.807) is 22.7 Å². The molecule has 4 rings (SSSR count). The van der Waals surface area contributed by atoms with Crippen molar-refractivity contribution in [3.05, 3.63) is 53.3 Å². The molecule has 0 spiro atoms. The van der Waals surface area contributed by atoms with Gasteiger partial charge in [0.1, 0.15) is 0 Å². The van der Waals surface area contributed by atoms with Crippen LogP contribution in [0.1, 0.15) is 48.2 Å². The van der Waals surface area contributed by atoms with Crippen molar-refractivity contribution >= 4 is 28.5 Å². The van der Waals surface area contributed by atoms with Gasteiger partial charge in [-0.15, -0.1) is 0 Å². The molecule has 2 N–H and O–H groups in total. The van der Waals surface area contributed by atoms with Crippen molar-refractivity contribution in [3.63, 3.8) is 0 Å². The van der Waals surface area contributed by atoms with Crippen molar-refractivity contribution in [1.29, 1.82) is 0 Å². The number of amides is 2. The van der Waals surface area contributed by atoms with Gasteiger partial charge in [0.15, 0.2) is 5.65 Å². The largest absolute Gasteiger partial charge is 0.416 e. The van der Waals surface area contributed by atoms with E-state index >= 15 is 0 Å². The number of benzene rings is 1. The molecule has 186 valence electrons. The first-order valence-electron chi connectivity index (χ1n) is 11.5. The topological polar surface area (TPSA) is 92.2 Å². The molecule has 3 aromatic rings. The molecule has 0 saturated carbocycles. The number of carbonyl (C=O) groups is 2. The number of aromatic nitrogens is 3. The van der Waals surface area contributed by atoms with Crippen LogP contribution in [0.2, 0.25) is 0 Å². The van der Waals surface area contributed by atoms with E-state index in [9.17, 15) is 22.8 Å². The number of likely N-dealkylation sites (tertiary alicyclic amines) is 1. The summed E-state index contributed by atoms with van der Waals surface area (Å²) in [6, 6.07) is 4.74. The van der Waals surface area contributed by atoms with Gasteiger partial charge in [0.2, 0.25) is 5.91 Å². The smallest absolute Gasteiger partial charge is 0.381 e. The van der Waals surface area contributed by atoms with Crippen molar-refractivity contribution < 1.29 is 22.8 Å². The van der Waals surface area contributed by atoms with E-state index in [1.165, 1.54) is 18.3 Å². The number of halogens is 3. The summed E-state index contributed by atoms with van der Waals surface area (Å²) in [5, 5.41) is 11.3. The number of nitrogens with zero attached hydrogens (tertiary/aromatic N) is 4. The van der Waals surface area contributed by atoms with Gasteiger partial charge in [-0.2, -0.15) is 18.3 Å². The molecule has 0 atom stereocenters. The second-order valence-corrected chi connectivity index (χ2v) is 8.55. The SMILES string of the molecule is CCn1ncc2c(NC3CCN(C(C)=O)CC3)c(C(=O)NCc3ccc(C(F)(F)F)cc3)cnc21. The standard InChI is InChI=1S/C24H27F3N6O2/c1-3-33-22-19(14-30-33)21(31-18-8-10-32(11-9-18)15(2)34)20(13-28-22)23(35)29-12-16-4-6-17(7-5-16)24(25,26)27/h4-7,13-14,18H,3,8-12H2,1-2H3,(H,28,31)(H,29,35). The highest BCUT2D eigenvalue weighted by Gasteiger charge is 2.30. The summed E-state index contributed by atoms with van der Waals surface area (Å²) < 4.78 is 40.1. The highest BCUT2D eigenvalue weighted by Crippen LogP contribution is 2.30. The molecule has 3 heterocycles. The fourth-order valence-electron chi connectivity index (χ4n) is 4.22. The maximum absolute atomic E-state index is 13.1. The summed E-state index contributed by atoms with van der Waals surface area (Å²) in [4.78, 5) is 31.0. The Morgan fingerprint density at radius 3 is 2.40 bits per heavy atom. The number of hydrogen-bond acceptors (Lipinski definition) is 5. The third-order valence-electron chi connectivity index (χ3n) is 6.23. The lowest BCUT2D eigenvalue weighted by atomic mass is 10.0. The lowest BCUT2D eigenvalue weighted by molar-refractivity contribution is -0.137. The van der Waals surface area contributed by atoms with E-state index < -0.39 is 17.6 Å². The second kappa shape index (κ2) is 9.93. The van der Waals surface area contributed by atoms with Gasteiger partial charge in [-0.3, -0.25) is 9.59 Å². The lowest BCUT2D eigenvalue weighted by Crippen LogP contribution is -2.41. The number of hydrogen-bond donors (Lipinski definition) is 2. The van der Waals surface area contributed by atoms with Crippen molar-refractivity contribution in [2.24, 2.45) is 0 Å². The Balaban J connectivity index is 1.54. The molecule has 0 unspecified atom stereocenters. The van der Waals surface area contributed by atoms with Gasteiger partial charge in [0.25, 0.3) is 5.91 Å². The first kappa shape index (κ1) is 24.5. The van der Waals surface area contributed by atoms with E-state index in [4.69, 9.17) is 0 Å². The van der Waals surface area contributed by atoms with Gasteiger partial charge in [0, 0.05) is 45.3 Å². The summed E-state index contributed by atoms with van der Waals surface area (Å²) in [6.07, 6.45) is 0.222. The quantitative estimate of drug-likeness (QED) is 0.551. The van der Waals surface area contributed by atoms with Crippen LogP contribution in [-0.2, 0) is 24.1 Å². The maximum atomic E-state index is 13.1. The molecule has 1 fully saturated rings. The first-order chi connectivity index (χ1) is 16.7. The minimum absolute atomic E-state index is 0.0438. The predicted molar refractivity (Wildman–Crippen MR) is 125 cm³/mol. The highest BCUT2D eigenvalue weighted by molar-refractivity contribution is 6.06. The number of aryl methyl sites for hydroxylation is 1. The van der Waals surface area contributed by atoms with Crippen molar-refractivity contribution in [1.82, 2.24) is 25.0 Å². The molecular weight excluding hydrogens is 461 g/mol. The average Bonchev–Trinajstić information content (AvgIpc) is 3.26. The number of nitrogens with one attached hydrogen (secondary N) is 2. The van der Waals surface area contributed by atoms with Gasteiger partial charge in [0.05, 0.1) is 28.4 Å². The fraction of sp³-hybridized carbons (Fsp3) is 0.417. The van der Waals surface area contributed by atoms with Crippen molar-refractivity contribution in [2.45, 2.75) is 52.0 Å². The van der Waals surface area contributed by atoms with Crippen molar-refractivity contribution in [2.75, 3.05) is 18.4 Å². The number of rotatable bonds is 6. The monoisotopic (exact) mass is 488 g/mol. The van der Waals surface area contributed by atoms with Crippen LogP contribution < -0.4 is 10.6 Å². The van der Waals surface area contributed by atoms with E-state index in [0.29, 0.717) is 47.5 Å². The Bertz CT molecular complexity index is 1210. The molecule has 35 heavy (non-hydrogen) atoms. The van der Waals surface area contributed by atoms with Crippen LogP contribution in [0.15, 0.2) is 36.7 Å². The molecule has 1 aromatic carbocycles. The zero-order chi connectivity index (χ0) is 25.2. The van der Waals surface area contributed by atoms with Gasteiger partial charge >= 0.3 is 6.18 Å². The Kier molecular flexibility index (Phi) is 6.95. The number of anilines is 1. The summed E-state index contributed by atoms with van der Waals surface area (Å²) in [5.41, 5.74) is 1.40. The van der Waals surface area contributed by atoms with E-state index in [0.717, 1.165) is 25.0 Å². The van der Waals surface area contributed by atoms with E-state index in [2.05, 4.69) is 20.7 Å². The molecule has 1 saturated heterocycles.